The van der Waals surface area contributed by atoms with E-state index in [2.05, 4.69) is 6.07 Å². The number of methoxy groups -OCH3 is 2. The van der Waals surface area contributed by atoms with Crippen LogP contribution < -0.4 is 4.74 Å². The first-order valence-corrected chi connectivity index (χ1v) is 6.84. The molecule has 0 amide bonds. The highest BCUT2D eigenvalue weighted by Gasteiger charge is 2.41. The van der Waals surface area contributed by atoms with Crippen molar-refractivity contribution in [3.8, 4) is 11.8 Å². The lowest BCUT2D eigenvalue weighted by Gasteiger charge is -2.39. The van der Waals surface area contributed by atoms with Crippen molar-refractivity contribution in [1.82, 2.24) is 0 Å². The number of hydrogen-bond acceptors (Lipinski definition) is 3. The predicted molar refractivity (Wildman–Crippen MR) is 74.2 cm³/mol. The van der Waals surface area contributed by atoms with Crippen LogP contribution in [0, 0.1) is 11.3 Å². The third-order valence-electron chi connectivity index (χ3n) is 4.21. The van der Waals surface area contributed by atoms with Gasteiger partial charge in [0.15, 0.2) is 0 Å². The Labute approximate surface area is 115 Å². The molecule has 2 rings (SSSR count). The van der Waals surface area contributed by atoms with Crippen molar-refractivity contribution in [2.45, 2.75) is 43.6 Å². The Morgan fingerprint density at radius 3 is 2.21 bits per heavy atom. The Bertz CT molecular complexity index is 441. The Hall–Kier alpha value is -1.53. The van der Waals surface area contributed by atoms with Gasteiger partial charge in [0.2, 0.25) is 0 Å². The molecule has 0 heterocycles. The van der Waals surface area contributed by atoms with Gasteiger partial charge < -0.3 is 9.47 Å². The van der Waals surface area contributed by atoms with Gasteiger partial charge in [0.1, 0.15) is 11.7 Å². The standard InChI is InChI=1S/C16H21NO2/c1-18-14-8-6-13(7-9-14)15(12-17)16(19-2)10-4-3-5-11-16/h6-9,15H,3-5,10-11H2,1-2H3. The zero-order valence-corrected chi connectivity index (χ0v) is 11.7. The first-order valence-electron chi connectivity index (χ1n) is 6.84. The first kappa shape index (κ1) is 13.9. The third-order valence-corrected chi connectivity index (χ3v) is 4.21. The molecule has 0 radical (unpaired) electrons. The minimum atomic E-state index is -0.318. The fraction of sp³-hybridized carbons (Fsp3) is 0.562. The fourth-order valence-corrected chi connectivity index (χ4v) is 3.05. The Morgan fingerprint density at radius 2 is 1.74 bits per heavy atom. The van der Waals surface area contributed by atoms with Crippen LogP contribution in [0.1, 0.15) is 43.6 Å². The SMILES string of the molecule is COc1ccc(C(C#N)C2(OC)CCCCC2)cc1. The molecule has 0 spiro atoms. The molecule has 0 saturated heterocycles. The predicted octanol–water partition coefficient (Wildman–Crippen LogP) is 3.65. The van der Waals surface area contributed by atoms with Crippen LogP contribution in [0.4, 0.5) is 0 Å². The van der Waals surface area contributed by atoms with E-state index in [1.54, 1.807) is 14.2 Å². The van der Waals surface area contributed by atoms with E-state index in [1.165, 1.54) is 6.42 Å². The summed E-state index contributed by atoms with van der Waals surface area (Å²) in [6, 6.07) is 10.2. The molecule has 0 aliphatic heterocycles. The number of rotatable bonds is 4. The number of nitriles is 1. The van der Waals surface area contributed by atoms with E-state index in [9.17, 15) is 5.26 Å². The highest BCUT2D eigenvalue weighted by atomic mass is 16.5. The van der Waals surface area contributed by atoms with Gasteiger partial charge in [0.25, 0.3) is 0 Å². The van der Waals surface area contributed by atoms with E-state index < -0.39 is 0 Å². The number of ether oxygens (including phenoxy) is 2. The topological polar surface area (TPSA) is 42.2 Å². The average Bonchev–Trinajstić information content (AvgIpc) is 2.49. The van der Waals surface area contributed by atoms with Crippen molar-refractivity contribution in [2.24, 2.45) is 0 Å². The molecule has 1 aliphatic carbocycles. The van der Waals surface area contributed by atoms with Gasteiger partial charge in [-0.2, -0.15) is 5.26 Å². The smallest absolute Gasteiger partial charge is 0.118 e. The molecule has 0 aromatic heterocycles. The van der Waals surface area contributed by atoms with Gasteiger partial charge in [-0.25, -0.2) is 0 Å². The van der Waals surface area contributed by atoms with E-state index in [0.717, 1.165) is 37.0 Å². The van der Waals surface area contributed by atoms with Crippen LogP contribution in [0.25, 0.3) is 0 Å². The van der Waals surface area contributed by atoms with Crippen LogP contribution in [0.2, 0.25) is 0 Å². The summed E-state index contributed by atoms with van der Waals surface area (Å²) in [7, 11) is 3.38. The Morgan fingerprint density at radius 1 is 1.11 bits per heavy atom. The molecule has 1 aromatic carbocycles. The summed E-state index contributed by atoms with van der Waals surface area (Å²) < 4.78 is 11.0. The van der Waals surface area contributed by atoms with Crippen LogP contribution in [-0.4, -0.2) is 19.8 Å². The van der Waals surface area contributed by atoms with Gasteiger partial charge >= 0.3 is 0 Å². The van der Waals surface area contributed by atoms with Crippen molar-refractivity contribution in [3.63, 3.8) is 0 Å². The quantitative estimate of drug-likeness (QED) is 0.828. The van der Waals surface area contributed by atoms with Crippen molar-refractivity contribution in [2.75, 3.05) is 14.2 Å². The largest absolute Gasteiger partial charge is 0.497 e. The molecule has 1 aromatic rings. The summed E-state index contributed by atoms with van der Waals surface area (Å²) in [5, 5.41) is 9.59. The summed E-state index contributed by atoms with van der Waals surface area (Å²) in [4.78, 5) is 0. The van der Waals surface area contributed by atoms with Gasteiger partial charge in [0.05, 0.1) is 18.8 Å². The maximum absolute atomic E-state index is 9.59. The van der Waals surface area contributed by atoms with Crippen molar-refractivity contribution in [1.29, 1.82) is 5.26 Å². The van der Waals surface area contributed by atoms with E-state index in [-0.39, 0.29) is 11.5 Å². The number of benzene rings is 1. The molecule has 19 heavy (non-hydrogen) atoms. The minimum Gasteiger partial charge on any atom is -0.497 e. The van der Waals surface area contributed by atoms with Crippen LogP contribution in [0.15, 0.2) is 24.3 Å². The van der Waals surface area contributed by atoms with E-state index in [0.29, 0.717) is 0 Å². The van der Waals surface area contributed by atoms with E-state index in [4.69, 9.17) is 9.47 Å². The average molecular weight is 259 g/mol. The summed E-state index contributed by atoms with van der Waals surface area (Å²) in [6.07, 6.45) is 5.46. The second-order valence-electron chi connectivity index (χ2n) is 5.16. The summed E-state index contributed by atoms with van der Waals surface area (Å²) in [5.74, 6) is 0.610. The van der Waals surface area contributed by atoms with Crippen molar-refractivity contribution >= 4 is 0 Å². The van der Waals surface area contributed by atoms with Gasteiger partial charge in [-0.05, 0) is 30.5 Å². The molecule has 1 unspecified atom stereocenters. The highest BCUT2D eigenvalue weighted by Crippen LogP contribution is 2.42. The lowest BCUT2D eigenvalue weighted by molar-refractivity contribution is -0.0484. The molecule has 1 saturated carbocycles. The molecule has 0 N–H and O–H groups in total. The zero-order chi connectivity index (χ0) is 13.7. The van der Waals surface area contributed by atoms with Gasteiger partial charge in [-0.3, -0.25) is 0 Å². The van der Waals surface area contributed by atoms with Crippen molar-refractivity contribution < 1.29 is 9.47 Å². The van der Waals surface area contributed by atoms with Gasteiger partial charge in [-0.1, -0.05) is 31.4 Å². The fourth-order valence-electron chi connectivity index (χ4n) is 3.05. The maximum atomic E-state index is 9.59. The lowest BCUT2D eigenvalue weighted by atomic mass is 9.73. The molecule has 3 heteroatoms. The maximum Gasteiger partial charge on any atom is 0.118 e. The molecule has 1 aliphatic rings. The lowest BCUT2D eigenvalue weighted by Crippen LogP contribution is -2.40. The zero-order valence-electron chi connectivity index (χ0n) is 11.7. The van der Waals surface area contributed by atoms with Crippen LogP contribution in [0.5, 0.6) is 5.75 Å². The summed E-state index contributed by atoms with van der Waals surface area (Å²) >= 11 is 0. The van der Waals surface area contributed by atoms with Crippen LogP contribution >= 0.6 is 0 Å². The van der Waals surface area contributed by atoms with Gasteiger partial charge in [-0.15, -0.1) is 0 Å². The molecular weight excluding hydrogens is 238 g/mol. The molecular formula is C16H21NO2. The Balaban J connectivity index is 2.29. The minimum absolute atomic E-state index is 0.205. The number of hydrogen-bond donors (Lipinski definition) is 0. The normalized spacial score (nSPS) is 19.4. The summed E-state index contributed by atoms with van der Waals surface area (Å²) in [6.45, 7) is 0. The monoisotopic (exact) mass is 259 g/mol. The highest BCUT2D eigenvalue weighted by molar-refractivity contribution is 5.34. The molecule has 1 atom stereocenters. The molecule has 1 fully saturated rings. The van der Waals surface area contributed by atoms with Crippen molar-refractivity contribution in [3.05, 3.63) is 29.8 Å². The second-order valence-corrected chi connectivity index (χ2v) is 5.16. The first-order chi connectivity index (χ1) is 9.25. The van der Waals surface area contributed by atoms with Gasteiger partial charge in [0, 0.05) is 7.11 Å². The molecule has 102 valence electrons. The number of nitrogens with zero attached hydrogens (tertiary/aromatic N) is 1. The summed E-state index contributed by atoms with van der Waals surface area (Å²) in [5.41, 5.74) is 0.703. The second kappa shape index (κ2) is 6.08. The van der Waals surface area contributed by atoms with Crippen LogP contribution in [0.3, 0.4) is 0 Å². The van der Waals surface area contributed by atoms with E-state index >= 15 is 0 Å². The molecule has 3 nitrogen and oxygen atoms in total. The Kier molecular flexibility index (Phi) is 4.44. The van der Waals surface area contributed by atoms with Crippen LogP contribution in [-0.2, 0) is 4.74 Å². The third kappa shape index (κ3) is 2.74. The molecule has 0 bridgehead atoms. The van der Waals surface area contributed by atoms with E-state index in [1.807, 2.05) is 24.3 Å².